The van der Waals surface area contributed by atoms with Crippen LogP contribution >= 0.6 is 15.9 Å². The van der Waals surface area contributed by atoms with Crippen molar-refractivity contribution in [3.05, 3.63) is 58.6 Å². The highest BCUT2D eigenvalue weighted by atomic mass is 79.9. The van der Waals surface area contributed by atoms with E-state index in [0.29, 0.717) is 15.9 Å². The first kappa shape index (κ1) is 16.5. The van der Waals surface area contributed by atoms with Gasteiger partial charge in [-0.25, -0.2) is 10.1 Å². The van der Waals surface area contributed by atoms with Crippen LogP contribution < -0.4 is 10.1 Å². The largest absolute Gasteiger partial charge is 0.465 e. The van der Waals surface area contributed by atoms with Crippen LogP contribution in [0.25, 0.3) is 0 Å². The third kappa shape index (κ3) is 4.56. The number of nitrogens with one attached hydrogen (secondary N) is 1. The Kier molecular flexibility index (Phi) is 5.72. The summed E-state index contributed by atoms with van der Waals surface area (Å²) in [4.78, 5) is 16.0. The highest BCUT2D eigenvalue weighted by molar-refractivity contribution is 9.10. The number of halogens is 1. The Labute approximate surface area is 141 Å². The standard InChI is InChI=1S/C16H12BrN3O3/c1-22-15(21)13-9-11(17)7-8-14(13)20-16(19-10-18)23-12-5-3-2-4-6-12/h2-9H,1H3,(H,19,20). The van der Waals surface area contributed by atoms with Gasteiger partial charge in [0.1, 0.15) is 5.75 Å². The first-order chi connectivity index (χ1) is 11.1. The second-order valence-corrected chi connectivity index (χ2v) is 5.14. The Morgan fingerprint density at radius 1 is 1.26 bits per heavy atom. The molecule has 0 saturated carbocycles. The number of para-hydroxylation sites is 1. The molecule has 7 heteroatoms. The van der Waals surface area contributed by atoms with E-state index >= 15 is 0 Å². The number of aliphatic imine (C=N–C) groups is 1. The van der Waals surface area contributed by atoms with E-state index in [1.54, 1.807) is 48.7 Å². The Bertz CT molecular complexity index is 770. The van der Waals surface area contributed by atoms with Crippen LogP contribution in [0.4, 0.5) is 5.69 Å². The normalized spacial score (nSPS) is 10.6. The molecule has 0 amide bonds. The zero-order valence-corrected chi connectivity index (χ0v) is 13.7. The monoisotopic (exact) mass is 373 g/mol. The van der Waals surface area contributed by atoms with Gasteiger partial charge in [0.05, 0.1) is 18.4 Å². The van der Waals surface area contributed by atoms with Crippen LogP contribution in [0, 0.1) is 11.5 Å². The molecule has 2 aromatic carbocycles. The molecule has 0 spiro atoms. The van der Waals surface area contributed by atoms with E-state index in [4.69, 9.17) is 14.7 Å². The fraction of sp³-hybridized carbons (Fsp3) is 0.0625. The Morgan fingerprint density at radius 2 is 2.00 bits per heavy atom. The number of ether oxygens (including phenoxy) is 2. The zero-order valence-electron chi connectivity index (χ0n) is 12.1. The number of carbonyl (C=O) groups excluding carboxylic acids is 1. The lowest BCUT2D eigenvalue weighted by Gasteiger charge is -2.08. The first-order valence-corrected chi connectivity index (χ1v) is 7.28. The van der Waals surface area contributed by atoms with Gasteiger partial charge < -0.3 is 9.47 Å². The third-order valence-electron chi connectivity index (χ3n) is 2.71. The van der Waals surface area contributed by atoms with E-state index in [2.05, 4.69) is 26.2 Å². The van der Waals surface area contributed by atoms with Crippen molar-refractivity contribution in [3.63, 3.8) is 0 Å². The Morgan fingerprint density at radius 3 is 2.65 bits per heavy atom. The molecule has 2 rings (SSSR count). The molecule has 0 saturated heterocycles. The van der Waals surface area contributed by atoms with Crippen molar-refractivity contribution in [1.29, 1.82) is 5.26 Å². The minimum atomic E-state index is -0.541. The van der Waals surface area contributed by atoms with Gasteiger partial charge in [-0.05, 0) is 30.3 Å². The fourth-order valence-corrected chi connectivity index (χ4v) is 2.07. The van der Waals surface area contributed by atoms with Crippen molar-refractivity contribution in [3.8, 4) is 11.9 Å². The van der Waals surface area contributed by atoms with E-state index in [-0.39, 0.29) is 11.6 Å². The lowest BCUT2D eigenvalue weighted by atomic mass is 10.2. The Balaban J connectivity index is 2.39. The average Bonchev–Trinajstić information content (AvgIpc) is 2.57. The second kappa shape index (κ2) is 7.96. The van der Waals surface area contributed by atoms with Crippen molar-refractivity contribution in [2.45, 2.75) is 0 Å². The van der Waals surface area contributed by atoms with E-state index in [1.807, 2.05) is 6.07 Å². The molecule has 0 unspecified atom stereocenters. The molecule has 2 aromatic rings. The summed E-state index contributed by atoms with van der Waals surface area (Å²) < 4.78 is 11.0. The van der Waals surface area contributed by atoms with Crippen LogP contribution in [-0.4, -0.2) is 19.1 Å². The maximum atomic E-state index is 11.8. The number of hydrogen-bond donors (Lipinski definition) is 1. The molecule has 23 heavy (non-hydrogen) atoms. The lowest BCUT2D eigenvalue weighted by molar-refractivity contribution is 0.0601. The number of rotatable bonds is 3. The first-order valence-electron chi connectivity index (χ1n) is 6.48. The number of amidine groups is 1. The number of esters is 1. The number of benzene rings is 2. The maximum absolute atomic E-state index is 11.8. The highest BCUT2D eigenvalue weighted by Gasteiger charge is 2.13. The molecular weight excluding hydrogens is 362 g/mol. The Hall–Kier alpha value is -2.85. The summed E-state index contributed by atoms with van der Waals surface area (Å²) in [7, 11) is 1.28. The summed E-state index contributed by atoms with van der Waals surface area (Å²) in [6.45, 7) is 0. The van der Waals surface area contributed by atoms with Crippen LogP contribution in [-0.2, 0) is 4.74 Å². The summed E-state index contributed by atoms with van der Waals surface area (Å²) in [5, 5.41) is 11.2. The fourth-order valence-electron chi connectivity index (χ4n) is 1.71. The molecule has 0 bridgehead atoms. The topological polar surface area (TPSA) is 83.7 Å². The van der Waals surface area contributed by atoms with Gasteiger partial charge >= 0.3 is 12.0 Å². The summed E-state index contributed by atoms with van der Waals surface area (Å²) in [6, 6.07) is 13.7. The van der Waals surface area contributed by atoms with Gasteiger partial charge in [0.15, 0.2) is 6.19 Å². The maximum Gasteiger partial charge on any atom is 0.340 e. The summed E-state index contributed by atoms with van der Waals surface area (Å²) >= 11 is 3.29. The van der Waals surface area contributed by atoms with Crippen LogP contribution in [0.5, 0.6) is 5.75 Å². The lowest BCUT2D eigenvalue weighted by Crippen LogP contribution is -2.24. The van der Waals surface area contributed by atoms with Crippen LogP contribution in [0.2, 0.25) is 0 Å². The number of hydrogen-bond acceptors (Lipinski definition) is 5. The van der Waals surface area contributed by atoms with Gasteiger partial charge in [0.2, 0.25) is 0 Å². The van der Waals surface area contributed by atoms with Crippen LogP contribution in [0.1, 0.15) is 10.4 Å². The van der Waals surface area contributed by atoms with E-state index in [0.717, 1.165) is 0 Å². The molecule has 0 atom stereocenters. The van der Waals surface area contributed by atoms with Crippen molar-refractivity contribution >= 4 is 33.6 Å². The molecule has 0 aliphatic heterocycles. The molecule has 1 N–H and O–H groups in total. The number of carbonyl (C=O) groups is 1. The van der Waals surface area contributed by atoms with Crippen LogP contribution in [0.15, 0.2) is 58.0 Å². The molecule has 0 aliphatic rings. The molecule has 0 fully saturated rings. The van der Waals surface area contributed by atoms with E-state index in [1.165, 1.54) is 7.11 Å². The predicted octanol–water partition coefficient (Wildman–Crippen LogP) is 3.37. The van der Waals surface area contributed by atoms with E-state index in [9.17, 15) is 4.79 Å². The van der Waals surface area contributed by atoms with Crippen molar-refractivity contribution < 1.29 is 14.3 Å². The predicted molar refractivity (Wildman–Crippen MR) is 88.4 cm³/mol. The van der Waals surface area contributed by atoms with Gasteiger partial charge in [-0.1, -0.05) is 34.1 Å². The third-order valence-corrected chi connectivity index (χ3v) is 3.20. The van der Waals surface area contributed by atoms with Crippen LogP contribution in [0.3, 0.4) is 0 Å². The molecular formula is C16H12BrN3O3. The minimum absolute atomic E-state index is 0.0498. The smallest absolute Gasteiger partial charge is 0.340 e. The second-order valence-electron chi connectivity index (χ2n) is 4.22. The molecule has 6 nitrogen and oxygen atoms in total. The zero-order chi connectivity index (χ0) is 16.7. The van der Waals surface area contributed by atoms with Gasteiger partial charge in [0.25, 0.3) is 0 Å². The average molecular weight is 374 g/mol. The van der Waals surface area contributed by atoms with Gasteiger partial charge in [0, 0.05) is 4.47 Å². The van der Waals surface area contributed by atoms with Crippen molar-refractivity contribution in [2.75, 3.05) is 7.11 Å². The molecule has 116 valence electrons. The summed E-state index contributed by atoms with van der Waals surface area (Å²) in [5.74, 6) is -0.0354. The van der Waals surface area contributed by atoms with Gasteiger partial charge in [-0.3, -0.25) is 0 Å². The van der Waals surface area contributed by atoms with Crippen molar-refractivity contribution in [2.24, 2.45) is 4.99 Å². The molecule has 0 aromatic heterocycles. The molecule has 0 radical (unpaired) electrons. The van der Waals surface area contributed by atoms with Gasteiger partial charge in [-0.15, -0.1) is 0 Å². The van der Waals surface area contributed by atoms with E-state index < -0.39 is 5.97 Å². The summed E-state index contributed by atoms with van der Waals surface area (Å²) in [6.07, 6.45) is 1.75. The van der Waals surface area contributed by atoms with Crippen molar-refractivity contribution in [1.82, 2.24) is 5.32 Å². The quantitative estimate of drug-likeness (QED) is 0.293. The number of nitrogens with zero attached hydrogens (tertiary/aromatic N) is 2. The number of nitriles is 1. The highest BCUT2D eigenvalue weighted by Crippen LogP contribution is 2.25. The molecule has 0 heterocycles. The summed E-state index contributed by atoms with van der Waals surface area (Å²) in [5.41, 5.74) is 0.560. The SMILES string of the molecule is COC(=O)c1cc(Br)ccc1/N=C(\NC#N)Oc1ccccc1. The minimum Gasteiger partial charge on any atom is -0.465 e. The molecule has 0 aliphatic carbocycles. The van der Waals surface area contributed by atoms with Gasteiger partial charge in [-0.2, -0.15) is 10.3 Å². The number of methoxy groups -OCH3 is 1.